The minimum atomic E-state index is -4.17. The van der Waals surface area contributed by atoms with Gasteiger partial charge < -0.3 is 30.1 Å². The molecule has 5 atom stereocenters. The highest BCUT2D eigenvalue weighted by Crippen LogP contribution is 2.38. The maximum atomic E-state index is 13.2. The largest absolute Gasteiger partial charge is 0.388 e. The van der Waals surface area contributed by atoms with Gasteiger partial charge in [0.15, 0.2) is 23.2 Å². The standard InChI is InChI=1S/C20H24ClFN5O6P/c1-10(11-4-6-12(22)7-5-11)24-17-14-18(26-20(21)25-17)27(9-23-14)19-16(29)15(28)13(33-19)3-2-8-34(30,31)32/h4-7,9-10,13,15-16,19,28-29H,2-3,8H2,1H3,(H,24,25,26)(H2,30,31,32)/t10-,13?,15?,16?,19?/m0/s1. The molecule has 5 N–H and O–H groups in total. The normalized spacial score (nSPS) is 24.0. The Morgan fingerprint density at radius 2 is 1.94 bits per heavy atom. The second-order valence-electron chi connectivity index (χ2n) is 8.16. The summed E-state index contributed by atoms with van der Waals surface area (Å²) in [5.74, 6) is -0.0312. The molecular formula is C20H24ClFN5O6P. The van der Waals surface area contributed by atoms with Crippen LogP contribution in [0.25, 0.3) is 11.2 Å². The minimum absolute atomic E-state index is 0.0886. The number of nitrogens with one attached hydrogen (secondary N) is 1. The zero-order valence-corrected chi connectivity index (χ0v) is 19.6. The van der Waals surface area contributed by atoms with E-state index >= 15 is 0 Å². The number of nitrogens with zero attached hydrogens (tertiary/aromatic N) is 4. The molecule has 0 bridgehead atoms. The van der Waals surface area contributed by atoms with Crippen molar-refractivity contribution in [1.29, 1.82) is 0 Å². The van der Waals surface area contributed by atoms with Gasteiger partial charge in [-0.3, -0.25) is 9.13 Å². The number of hydrogen-bond acceptors (Lipinski definition) is 8. The van der Waals surface area contributed by atoms with Crippen LogP contribution in [0.4, 0.5) is 10.2 Å². The summed E-state index contributed by atoms with van der Waals surface area (Å²) in [5.41, 5.74) is 1.40. The predicted molar refractivity (Wildman–Crippen MR) is 121 cm³/mol. The zero-order valence-electron chi connectivity index (χ0n) is 18.0. The van der Waals surface area contributed by atoms with Crippen molar-refractivity contribution in [2.45, 2.75) is 50.3 Å². The van der Waals surface area contributed by atoms with Crippen molar-refractivity contribution in [2.75, 3.05) is 11.5 Å². The van der Waals surface area contributed by atoms with E-state index in [2.05, 4.69) is 20.3 Å². The summed E-state index contributed by atoms with van der Waals surface area (Å²) in [4.78, 5) is 30.8. The summed E-state index contributed by atoms with van der Waals surface area (Å²) in [6, 6.07) is 5.72. The first-order chi connectivity index (χ1) is 16.0. The van der Waals surface area contributed by atoms with Crippen LogP contribution in [0.2, 0.25) is 5.28 Å². The molecule has 0 amide bonds. The smallest absolute Gasteiger partial charge is 0.325 e. The molecule has 2 aromatic heterocycles. The summed E-state index contributed by atoms with van der Waals surface area (Å²) in [6.45, 7) is 1.86. The number of aliphatic hydroxyl groups is 2. The van der Waals surface area contributed by atoms with Crippen LogP contribution < -0.4 is 5.32 Å². The SMILES string of the molecule is C[C@H](Nc1nc(Cl)nc2c1ncn2C1OC(CCCP(=O)(O)O)C(O)C1O)c1ccc(F)cc1. The molecule has 11 nitrogen and oxygen atoms in total. The lowest BCUT2D eigenvalue weighted by atomic mass is 10.1. The second kappa shape index (κ2) is 9.82. The molecule has 4 rings (SSSR count). The Hall–Kier alpha value is -2.18. The van der Waals surface area contributed by atoms with E-state index in [1.54, 1.807) is 12.1 Å². The number of anilines is 1. The van der Waals surface area contributed by atoms with E-state index in [-0.39, 0.29) is 41.8 Å². The third-order valence-electron chi connectivity index (χ3n) is 5.67. The highest BCUT2D eigenvalue weighted by Gasteiger charge is 2.44. The third-order valence-corrected chi connectivity index (χ3v) is 6.73. The molecule has 0 aliphatic carbocycles. The van der Waals surface area contributed by atoms with E-state index in [1.165, 1.54) is 23.0 Å². The molecule has 0 spiro atoms. The van der Waals surface area contributed by atoms with E-state index in [0.717, 1.165) is 5.56 Å². The molecule has 4 unspecified atom stereocenters. The molecule has 34 heavy (non-hydrogen) atoms. The van der Waals surface area contributed by atoms with Gasteiger partial charge in [-0.2, -0.15) is 9.97 Å². The Balaban J connectivity index is 1.56. The van der Waals surface area contributed by atoms with E-state index in [0.29, 0.717) is 11.3 Å². The lowest BCUT2D eigenvalue weighted by Crippen LogP contribution is -2.31. The van der Waals surface area contributed by atoms with Crippen LogP contribution >= 0.6 is 19.2 Å². The molecule has 14 heteroatoms. The molecule has 1 aliphatic rings. The molecule has 1 aliphatic heterocycles. The van der Waals surface area contributed by atoms with Crippen LogP contribution in [0.3, 0.4) is 0 Å². The molecular weight excluding hydrogens is 492 g/mol. The second-order valence-corrected chi connectivity index (χ2v) is 10.3. The molecule has 1 saturated heterocycles. The van der Waals surface area contributed by atoms with Gasteiger partial charge in [0.2, 0.25) is 5.28 Å². The van der Waals surface area contributed by atoms with Crippen molar-refractivity contribution < 1.29 is 33.7 Å². The van der Waals surface area contributed by atoms with Crippen molar-refractivity contribution in [2.24, 2.45) is 0 Å². The fourth-order valence-corrected chi connectivity index (χ4v) is 4.67. The summed E-state index contributed by atoms with van der Waals surface area (Å²) in [5, 5.41) is 24.1. The zero-order chi connectivity index (χ0) is 24.6. The highest BCUT2D eigenvalue weighted by molar-refractivity contribution is 7.51. The lowest BCUT2D eigenvalue weighted by molar-refractivity contribution is -0.0370. The van der Waals surface area contributed by atoms with Crippen molar-refractivity contribution in [1.82, 2.24) is 19.5 Å². The van der Waals surface area contributed by atoms with Crippen LogP contribution in [0.15, 0.2) is 30.6 Å². The number of rotatable bonds is 8. The number of halogens is 2. The van der Waals surface area contributed by atoms with Crippen LogP contribution in [0.5, 0.6) is 0 Å². The van der Waals surface area contributed by atoms with E-state index in [9.17, 15) is 19.2 Å². The van der Waals surface area contributed by atoms with Crippen molar-refractivity contribution in [3.8, 4) is 0 Å². The number of ether oxygens (including phenoxy) is 1. The van der Waals surface area contributed by atoms with Crippen molar-refractivity contribution in [3.05, 3.63) is 47.3 Å². The summed E-state index contributed by atoms with van der Waals surface area (Å²) in [7, 11) is -4.17. The average Bonchev–Trinajstić information content (AvgIpc) is 3.29. The molecule has 3 heterocycles. The Morgan fingerprint density at radius 1 is 1.24 bits per heavy atom. The number of aromatic nitrogens is 4. The van der Waals surface area contributed by atoms with Gasteiger partial charge in [-0.05, 0) is 49.1 Å². The molecule has 184 valence electrons. The minimum Gasteiger partial charge on any atom is -0.388 e. The Morgan fingerprint density at radius 3 is 2.62 bits per heavy atom. The molecule has 0 saturated carbocycles. The van der Waals surface area contributed by atoms with Crippen LogP contribution in [0.1, 0.15) is 37.6 Å². The molecule has 1 aromatic carbocycles. The summed E-state index contributed by atoms with van der Waals surface area (Å²) < 4.78 is 31.5. The summed E-state index contributed by atoms with van der Waals surface area (Å²) >= 11 is 6.14. The van der Waals surface area contributed by atoms with Gasteiger partial charge in [0.05, 0.1) is 18.5 Å². The number of fused-ring (bicyclic) bond motifs is 1. The van der Waals surface area contributed by atoms with E-state index in [4.69, 9.17) is 26.1 Å². The van der Waals surface area contributed by atoms with Gasteiger partial charge in [0.1, 0.15) is 18.0 Å². The molecule has 1 fully saturated rings. The first-order valence-electron chi connectivity index (χ1n) is 10.5. The summed E-state index contributed by atoms with van der Waals surface area (Å²) in [6.07, 6.45) is -3.20. The van der Waals surface area contributed by atoms with Gasteiger partial charge in [-0.25, -0.2) is 9.37 Å². The van der Waals surface area contributed by atoms with Gasteiger partial charge in [-0.1, -0.05) is 12.1 Å². The van der Waals surface area contributed by atoms with Gasteiger partial charge >= 0.3 is 7.60 Å². The number of benzene rings is 1. The maximum Gasteiger partial charge on any atom is 0.325 e. The van der Waals surface area contributed by atoms with Crippen molar-refractivity contribution in [3.63, 3.8) is 0 Å². The average molecular weight is 516 g/mol. The number of aliphatic hydroxyl groups excluding tert-OH is 2. The monoisotopic (exact) mass is 515 g/mol. The maximum absolute atomic E-state index is 13.2. The number of imidazole rings is 1. The quantitative estimate of drug-likeness (QED) is 0.222. The highest BCUT2D eigenvalue weighted by atomic mass is 35.5. The topological polar surface area (TPSA) is 163 Å². The predicted octanol–water partition coefficient (Wildman–Crippen LogP) is 2.37. The van der Waals surface area contributed by atoms with Gasteiger partial charge in [0, 0.05) is 6.16 Å². The van der Waals surface area contributed by atoms with E-state index in [1.807, 2.05) is 6.92 Å². The molecule has 0 radical (unpaired) electrons. The van der Waals surface area contributed by atoms with E-state index < -0.39 is 32.1 Å². The van der Waals surface area contributed by atoms with Gasteiger partial charge in [0.25, 0.3) is 0 Å². The lowest BCUT2D eigenvalue weighted by Gasteiger charge is -2.18. The van der Waals surface area contributed by atoms with Crippen LogP contribution in [-0.2, 0) is 9.30 Å². The first kappa shape index (κ1) is 24.9. The molecule has 3 aromatic rings. The Labute approximate surface area is 198 Å². The Bertz CT molecular complexity index is 1210. The number of hydrogen-bond donors (Lipinski definition) is 5. The van der Waals surface area contributed by atoms with Crippen LogP contribution in [0, 0.1) is 5.82 Å². The van der Waals surface area contributed by atoms with Gasteiger partial charge in [-0.15, -0.1) is 0 Å². The third kappa shape index (κ3) is 5.38. The first-order valence-corrected chi connectivity index (χ1v) is 12.7. The van der Waals surface area contributed by atoms with Crippen molar-refractivity contribution >= 4 is 36.2 Å². The fourth-order valence-electron chi connectivity index (χ4n) is 3.91. The van der Waals surface area contributed by atoms with Crippen LogP contribution in [-0.4, -0.2) is 64.0 Å². The Kier molecular flexibility index (Phi) is 7.20. The fraction of sp³-hybridized carbons (Fsp3) is 0.450.